The Morgan fingerprint density at radius 1 is 0.252 bits per heavy atom. The molecule has 0 spiro atoms. The number of hydrogen-bond donors (Lipinski definition) is 0. The highest BCUT2D eigenvalue weighted by Gasteiger charge is 2.26. The number of halogens is 5. The summed E-state index contributed by atoms with van der Waals surface area (Å²) in [5.41, 5.74) is 29.7. The monoisotopic (exact) mass is 1490 g/mol. The minimum Gasteiger partial charge on any atom is -0.232 e. The third kappa shape index (κ3) is 17.1. The summed E-state index contributed by atoms with van der Waals surface area (Å²) in [6, 6.07) is 49.3. The normalized spacial score (nSPS) is 11.3. The van der Waals surface area contributed by atoms with E-state index in [0.29, 0.717) is 45.6 Å². The molecule has 5 aromatic heterocycles. The van der Waals surface area contributed by atoms with Crippen LogP contribution in [0.25, 0.3) is 111 Å². The van der Waals surface area contributed by atoms with Crippen molar-refractivity contribution in [1.29, 1.82) is 0 Å². The molecule has 0 bridgehead atoms. The highest BCUT2D eigenvalue weighted by molar-refractivity contribution is 5.96. The number of aromatic nitrogens is 10. The van der Waals surface area contributed by atoms with E-state index in [-0.39, 0.29) is 29.1 Å². The van der Waals surface area contributed by atoms with Crippen molar-refractivity contribution in [2.75, 3.05) is 0 Å². The number of benzene rings is 10. The molecule has 0 amide bonds. The second-order valence-corrected chi connectivity index (χ2v) is 30.9. The van der Waals surface area contributed by atoms with Crippen LogP contribution in [0.1, 0.15) is 143 Å². The number of para-hydroxylation sites is 1. The van der Waals surface area contributed by atoms with Gasteiger partial charge in [-0.15, -0.1) is 0 Å². The zero-order valence-corrected chi connectivity index (χ0v) is 68.4. The summed E-state index contributed by atoms with van der Waals surface area (Å²) in [6.07, 6.45) is 9.13. The van der Waals surface area contributed by atoms with Crippen molar-refractivity contribution >= 4 is 54.5 Å². The van der Waals surface area contributed by atoms with Crippen LogP contribution in [0.15, 0.2) is 183 Å². The average Bonchev–Trinajstić information content (AvgIpc) is 0.786. The maximum atomic E-state index is 13.8. The average molecular weight is 1490 g/mol. The van der Waals surface area contributed by atoms with Gasteiger partial charge in [0.25, 0.3) is 31.6 Å². The molecule has 15 rings (SSSR count). The van der Waals surface area contributed by atoms with Crippen LogP contribution in [0.2, 0.25) is 0 Å². The molecular formula is C96H102F5N10+5. The Labute approximate surface area is 650 Å². The van der Waals surface area contributed by atoms with Crippen molar-refractivity contribution in [2.24, 2.45) is 35.2 Å². The Bertz CT molecular complexity index is 6050. The van der Waals surface area contributed by atoms with E-state index < -0.39 is 0 Å². The summed E-state index contributed by atoms with van der Waals surface area (Å²) < 4.78 is 79.0. The van der Waals surface area contributed by atoms with E-state index in [4.69, 9.17) is 0 Å². The molecule has 111 heavy (non-hydrogen) atoms. The molecule has 0 radical (unpaired) electrons. The summed E-state index contributed by atoms with van der Waals surface area (Å²) in [4.78, 5) is 22.7. The summed E-state index contributed by atoms with van der Waals surface area (Å²) in [6.45, 7) is 36.0. The van der Waals surface area contributed by atoms with E-state index in [9.17, 15) is 22.0 Å². The lowest BCUT2D eigenvalue weighted by Crippen LogP contribution is -2.32. The molecule has 0 aliphatic carbocycles. The molecule has 0 atom stereocenters. The van der Waals surface area contributed by atoms with E-state index >= 15 is 0 Å². The van der Waals surface area contributed by atoms with Gasteiger partial charge in [0.2, 0.25) is 0 Å². The number of aryl methyl sites for hydroxylation is 17. The summed E-state index contributed by atoms with van der Waals surface area (Å²) in [5, 5.41) is 5.48. The molecule has 0 aliphatic heterocycles. The minimum absolute atomic E-state index is 0.157. The van der Waals surface area contributed by atoms with Gasteiger partial charge in [-0.3, -0.25) is 0 Å². The summed E-state index contributed by atoms with van der Waals surface area (Å²) in [7, 11) is 9.90. The van der Waals surface area contributed by atoms with Gasteiger partial charge in [-0.05, 0) is 313 Å². The van der Waals surface area contributed by atoms with E-state index in [1.54, 1.807) is 65.0 Å². The number of rotatable bonds is 8. The Balaban J connectivity index is 0.000000137. The Morgan fingerprint density at radius 3 is 0.937 bits per heavy atom. The highest BCUT2D eigenvalue weighted by atomic mass is 19.1. The molecule has 0 aliphatic rings. The molecule has 10 aromatic carbocycles. The highest BCUT2D eigenvalue weighted by Crippen LogP contribution is 2.37. The third-order valence-corrected chi connectivity index (χ3v) is 21.1. The first-order valence-corrected chi connectivity index (χ1v) is 37.8. The zero-order chi connectivity index (χ0) is 80.5. The van der Waals surface area contributed by atoms with Gasteiger partial charge in [-0.1, -0.05) is 83.5 Å². The smallest absolute Gasteiger partial charge is 0.232 e. The first kappa shape index (κ1) is 80.6. The van der Waals surface area contributed by atoms with Crippen molar-refractivity contribution in [3.05, 3.63) is 296 Å². The van der Waals surface area contributed by atoms with E-state index in [1.807, 2.05) is 161 Å². The molecule has 0 N–H and O–H groups in total. The van der Waals surface area contributed by atoms with E-state index in [2.05, 4.69) is 165 Å². The van der Waals surface area contributed by atoms with Crippen LogP contribution < -0.4 is 22.8 Å². The molecule has 15 heteroatoms. The lowest BCUT2D eigenvalue weighted by molar-refractivity contribution is -0.662. The van der Waals surface area contributed by atoms with Crippen LogP contribution in [0.5, 0.6) is 0 Å². The Morgan fingerprint density at radius 2 is 0.550 bits per heavy atom. The van der Waals surface area contributed by atoms with Crippen molar-refractivity contribution in [2.45, 2.75) is 142 Å². The van der Waals surface area contributed by atoms with Crippen molar-refractivity contribution in [1.82, 2.24) is 24.9 Å². The molecule has 0 unspecified atom stereocenters. The van der Waals surface area contributed by atoms with Crippen molar-refractivity contribution in [3.63, 3.8) is 0 Å². The fourth-order valence-corrected chi connectivity index (χ4v) is 14.5. The Hall–Kier alpha value is -11.5. The van der Waals surface area contributed by atoms with Gasteiger partial charge in [0.1, 0.15) is 57.6 Å². The molecule has 0 fully saturated rings. The van der Waals surface area contributed by atoms with Crippen molar-refractivity contribution in [3.8, 4) is 56.3 Å². The van der Waals surface area contributed by atoms with Crippen LogP contribution in [-0.2, 0) is 35.2 Å². The summed E-state index contributed by atoms with van der Waals surface area (Å²) >= 11 is 0. The lowest BCUT2D eigenvalue weighted by Gasteiger charge is -2.12. The maximum absolute atomic E-state index is 13.8. The topological polar surface area (TPSA) is 83.9 Å². The quantitative estimate of drug-likeness (QED) is 0.112. The molecule has 10 nitrogen and oxygen atoms in total. The molecule has 0 saturated carbocycles. The van der Waals surface area contributed by atoms with Crippen LogP contribution in [-0.4, -0.2) is 24.9 Å². The number of fused-ring (bicyclic) bond motifs is 5. The van der Waals surface area contributed by atoms with Gasteiger partial charge in [0, 0.05) is 33.4 Å². The molecule has 15 aromatic rings. The predicted octanol–water partition coefficient (Wildman–Crippen LogP) is 21.4. The van der Waals surface area contributed by atoms with E-state index in [0.717, 1.165) is 139 Å². The standard InChI is InChI=1S/3C20H22FN2.2C18H18FN2/c1-12(2)15-6-7-19-17(10-15)20(23(5)11-22-19)16-8-14(4)18(21)9-13(16)3;1-12(2)15-6-7-16-19(10-15)22-11-23(5)20(16)17-8-14(4)18(21)9-13(17)3;1-12(2)15-7-6-8-16-19(15)22-11-23(5)20(16)17-9-14(4)18(21)10-13(17)3;1-11-5-6-17-15(7-11)18(21(4)10-20-17)14-8-13(3)16(19)9-12(14)2;1-11-5-6-14-17(7-11)20-10-21(4)18(14)15-8-13(3)16(19)9-12(15)2/h3*6-12H,1-5H3;2*5-10H,1-4H3/q5*+1. The van der Waals surface area contributed by atoms with Gasteiger partial charge < -0.3 is 0 Å². The van der Waals surface area contributed by atoms with Gasteiger partial charge in [-0.25, -0.2) is 44.8 Å². The SMILES string of the molecule is Cc1cc(-c2c3cc(C(C)C)ccc3nc[n+]2C)c(C)cc1F.Cc1cc(-c2c3ccc(C(C)C)cc3nc[n+]2C)c(C)cc1F.Cc1cc(-c2c3cccc(C(C)C)c3nc[n+]2C)c(C)cc1F.Cc1ccc2c(-c3cc(C)c(F)cc3C)[n+](C)cnc2c1.Cc1ccc2nc[n+](C)c(-c3cc(C)c(F)cc3C)c2c1. The second kappa shape index (κ2) is 33.4. The van der Waals surface area contributed by atoms with Crippen LogP contribution >= 0.6 is 0 Å². The number of nitrogens with zero attached hydrogens (tertiary/aromatic N) is 10. The molecule has 566 valence electrons. The number of hydrogen-bond acceptors (Lipinski definition) is 5. The molecular weight excluding hydrogens is 1390 g/mol. The van der Waals surface area contributed by atoms with Gasteiger partial charge in [0.15, 0.2) is 27.6 Å². The van der Waals surface area contributed by atoms with Crippen LogP contribution in [0, 0.1) is 112 Å². The molecule has 0 saturated heterocycles. The fraction of sp³-hybridized carbons (Fsp3) is 0.271. The van der Waals surface area contributed by atoms with Crippen molar-refractivity contribution < 1.29 is 44.8 Å². The summed E-state index contributed by atoms with van der Waals surface area (Å²) in [5.74, 6) is 0.534. The minimum atomic E-state index is -0.159. The van der Waals surface area contributed by atoms with Crippen LogP contribution in [0.4, 0.5) is 22.0 Å². The maximum Gasteiger partial charge on any atom is 0.287 e. The van der Waals surface area contributed by atoms with Gasteiger partial charge >= 0.3 is 0 Å². The predicted molar refractivity (Wildman–Crippen MR) is 441 cm³/mol. The fourth-order valence-electron chi connectivity index (χ4n) is 14.5. The first-order valence-electron chi connectivity index (χ1n) is 37.8. The Kier molecular flexibility index (Phi) is 24.2. The van der Waals surface area contributed by atoms with Gasteiger partial charge in [-0.2, -0.15) is 0 Å². The first-order chi connectivity index (χ1) is 52.6. The second-order valence-electron chi connectivity index (χ2n) is 30.9. The van der Waals surface area contributed by atoms with E-state index in [1.165, 1.54) is 27.8 Å². The van der Waals surface area contributed by atoms with Gasteiger partial charge in [0.05, 0.1) is 62.2 Å². The largest absolute Gasteiger partial charge is 0.287 e. The molecule has 5 heterocycles. The van der Waals surface area contributed by atoms with Crippen LogP contribution in [0.3, 0.4) is 0 Å². The zero-order valence-electron chi connectivity index (χ0n) is 68.4. The lowest BCUT2D eigenvalue weighted by atomic mass is 9.95. The third-order valence-electron chi connectivity index (χ3n) is 21.1.